The number of carbonyl (C=O) groups is 2. The molecule has 3 rings (SSSR count). The molecule has 2 aromatic carbocycles. The molecule has 0 aliphatic carbocycles. The predicted octanol–water partition coefficient (Wildman–Crippen LogP) is 3.70. The van der Waals surface area contributed by atoms with Gasteiger partial charge in [-0.2, -0.15) is 0 Å². The van der Waals surface area contributed by atoms with Gasteiger partial charge in [0.1, 0.15) is 15.6 Å². The summed E-state index contributed by atoms with van der Waals surface area (Å²) in [4.78, 5) is 34.2. The first-order valence-electron chi connectivity index (χ1n) is 9.72. The second-order valence-electron chi connectivity index (χ2n) is 6.81. The summed E-state index contributed by atoms with van der Waals surface area (Å²) >= 11 is 6.83. The normalized spacial score (nSPS) is 10.9. The van der Waals surface area contributed by atoms with Crippen molar-refractivity contribution in [1.29, 1.82) is 0 Å². The van der Waals surface area contributed by atoms with Crippen molar-refractivity contribution in [3.8, 4) is 5.75 Å². The number of esters is 1. The summed E-state index contributed by atoms with van der Waals surface area (Å²) in [6, 6.07) is 12.9. The zero-order valence-electron chi connectivity index (χ0n) is 18.0. The van der Waals surface area contributed by atoms with Crippen LogP contribution in [-0.2, 0) is 24.3 Å². The SMILES string of the molecule is CN(c1ccc(OCC(=O)OCC(=O)Nc2ccc(Cl)cc2[N+](=O)[O-])cc1)S(=O)(=O)c1cccs1. The smallest absolute Gasteiger partial charge is 0.344 e. The molecule has 0 spiro atoms. The third kappa shape index (κ3) is 6.68. The monoisotopic (exact) mass is 539 g/mol. The number of hydrogen-bond donors (Lipinski definition) is 1. The third-order valence-corrected chi connectivity index (χ3v) is 7.86. The van der Waals surface area contributed by atoms with Crippen LogP contribution in [0.2, 0.25) is 5.02 Å². The lowest BCUT2D eigenvalue weighted by atomic mass is 10.2. The molecule has 184 valence electrons. The first kappa shape index (κ1) is 25.9. The molecule has 0 radical (unpaired) electrons. The highest BCUT2D eigenvalue weighted by Crippen LogP contribution is 2.28. The zero-order chi connectivity index (χ0) is 25.6. The van der Waals surface area contributed by atoms with E-state index in [1.165, 1.54) is 49.5 Å². The van der Waals surface area contributed by atoms with Crippen molar-refractivity contribution in [3.63, 3.8) is 0 Å². The van der Waals surface area contributed by atoms with E-state index in [2.05, 4.69) is 5.32 Å². The summed E-state index contributed by atoms with van der Waals surface area (Å²) in [5, 5.41) is 15.1. The van der Waals surface area contributed by atoms with Crippen molar-refractivity contribution < 1.29 is 32.4 Å². The number of nitro groups is 1. The Balaban J connectivity index is 1.49. The van der Waals surface area contributed by atoms with Gasteiger partial charge in [-0.05, 0) is 47.8 Å². The molecule has 0 unspecified atom stereocenters. The van der Waals surface area contributed by atoms with Crippen LogP contribution in [0, 0.1) is 10.1 Å². The summed E-state index contributed by atoms with van der Waals surface area (Å²) in [6.45, 7) is -1.21. The highest BCUT2D eigenvalue weighted by molar-refractivity contribution is 7.94. The van der Waals surface area contributed by atoms with Gasteiger partial charge >= 0.3 is 5.97 Å². The summed E-state index contributed by atoms with van der Waals surface area (Å²) in [6.07, 6.45) is 0. The summed E-state index contributed by atoms with van der Waals surface area (Å²) in [7, 11) is -2.26. The molecule has 11 nitrogen and oxygen atoms in total. The van der Waals surface area contributed by atoms with Gasteiger partial charge in [-0.1, -0.05) is 17.7 Å². The summed E-state index contributed by atoms with van der Waals surface area (Å²) in [5.41, 5.74) is -0.109. The van der Waals surface area contributed by atoms with Gasteiger partial charge in [0.25, 0.3) is 21.6 Å². The molecule has 3 aromatic rings. The van der Waals surface area contributed by atoms with Crippen LogP contribution in [0.5, 0.6) is 5.75 Å². The Labute approximate surface area is 209 Å². The Morgan fingerprint density at radius 2 is 1.86 bits per heavy atom. The molecule has 14 heteroatoms. The van der Waals surface area contributed by atoms with Crippen LogP contribution < -0.4 is 14.4 Å². The van der Waals surface area contributed by atoms with Crippen molar-refractivity contribution in [2.45, 2.75) is 4.21 Å². The average molecular weight is 540 g/mol. The molecule has 0 bridgehead atoms. The van der Waals surface area contributed by atoms with Crippen molar-refractivity contribution in [2.75, 3.05) is 29.9 Å². The zero-order valence-corrected chi connectivity index (χ0v) is 20.4. The number of thiophene rings is 1. The van der Waals surface area contributed by atoms with E-state index in [-0.39, 0.29) is 20.7 Å². The van der Waals surface area contributed by atoms with Crippen LogP contribution in [0.4, 0.5) is 17.1 Å². The van der Waals surface area contributed by atoms with Crippen molar-refractivity contribution in [1.82, 2.24) is 0 Å². The lowest BCUT2D eigenvalue weighted by Gasteiger charge is -2.18. The van der Waals surface area contributed by atoms with Crippen LogP contribution in [0.15, 0.2) is 64.2 Å². The number of ether oxygens (including phenoxy) is 2. The van der Waals surface area contributed by atoms with Gasteiger partial charge < -0.3 is 14.8 Å². The van der Waals surface area contributed by atoms with Crippen molar-refractivity contribution in [2.24, 2.45) is 0 Å². The predicted molar refractivity (Wildman–Crippen MR) is 130 cm³/mol. The number of nitrogens with zero attached hydrogens (tertiary/aromatic N) is 2. The number of nitrogens with one attached hydrogen (secondary N) is 1. The third-order valence-electron chi connectivity index (χ3n) is 4.46. The Morgan fingerprint density at radius 1 is 1.14 bits per heavy atom. The molecule has 1 aromatic heterocycles. The molecule has 0 aliphatic rings. The molecule has 35 heavy (non-hydrogen) atoms. The number of benzene rings is 2. The molecule has 0 fully saturated rings. The van der Waals surface area contributed by atoms with Gasteiger partial charge in [0.15, 0.2) is 13.2 Å². The fourth-order valence-electron chi connectivity index (χ4n) is 2.71. The molecular formula is C21H18ClN3O8S2. The largest absolute Gasteiger partial charge is 0.482 e. The maximum atomic E-state index is 12.6. The topological polar surface area (TPSA) is 145 Å². The molecule has 0 aliphatic heterocycles. The number of hydrogen-bond acceptors (Lipinski definition) is 9. The lowest BCUT2D eigenvalue weighted by molar-refractivity contribution is -0.383. The number of halogens is 1. The van der Waals surface area contributed by atoms with Crippen molar-refractivity contribution in [3.05, 3.63) is 75.1 Å². The minimum Gasteiger partial charge on any atom is -0.482 e. The van der Waals surface area contributed by atoms with Crippen LogP contribution in [0.25, 0.3) is 0 Å². The number of carbonyl (C=O) groups excluding carboxylic acids is 2. The summed E-state index contributed by atoms with van der Waals surface area (Å²) < 4.78 is 36.6. The van der Waals surface area contributed by atoms with Gasteiger partial charge in [-0.25, -0.2) is 13.2 Å². The van der Waals surface area contributed by atoms with Gasteiger partial charge in [0.2, 0.25) is 0 Å². The lowest BCUT2D eigenvalue weighted by Crippen LogP contribution is -2.25. The average Bonchev–Trinajstić information content (AvgIpc) is 3.38. The standard InChI is InChI=1S/C21H18ClN3O8S2/c1-24(35(30,31)21-3-2-10-34-21)15-5-7-16(8-6-15)32-13-20(27)33-12-19(26)23-17-9-4-14(22)11-18(17)25(28)29/h2-11H,12-13H2,1H3,(H,23,26). The highest BCUT2D eigenvalue weighted by atomic mass is 35.5. The minimum absolute atomic E-state index is 0.0946. The second kappa shape index (κ2) is 11.2. The van der Waals surface area contributed by atoms with E-state index in [9.17, 15) is 28.1 Å². The Bertz CT molecular complexity index is 1330. The van der Waals surface area contributed by atoms with Gasteiger partial charge in [-0.15, -0.1) is 11.3 Å². The quantitative estimate of drug-likeness (QED) is 0.233. The van der Waals surface area contributed by atoms with E-state index in [4.69, 9.17) is 21.1 Å². The van der Waals surface area contributed by atoms with E-state index < -0.39 is 45.7 Å². The highest BCUT2D eigenvalue weighted by Gasteiger charge is 2.22. The van der Waals surface area contributed by atoms with Gasteiger partial charge in [0, 0.05) is 18.1 Å². The molecule has 0 saturated heterocycles. The fraction of sp³-hybridized carbons (Fsp3) is 0.143. The van der Waals surface area contributed by atoms with Crippen LogP contribution >= 0.6 is 22.9 Å². The molecule has 0 saturated carbocycles. The first-order chi connectivity index (χ1) is 16.6. The molecule has 1 heterocycles. The van der Waals surface area contributed by atoms with E-state index in [1.54, 1.807) is 11.4 Å². The number of nitro benzene ring substituents is 1. The molecular weight excluding hydrogens is 522 g/mol. The van der Waals surface area contributed by atoms with Crippen LogP contribution in [0.3, 0.4) is 0 Å². The van der Waals surface area contributed by atoms with E-state index in [0.717, 1.165) is 21.7 Å². The van der Waals surface area contributed by atoms with E-state index >= 15 is 0 Å². The van der Waals surface area contributed by atoms with Crippen LogP contribution in [-0.4, -0.2) is 45.5 Å². The maximum Gasteiger partial charge on any atom is 0.344 e. The van der Waals surface area contributed by atoms with E-state index in [0.29, 0.717) is 5.69 Å². The van der Waals surface area contributed by atoms with Gasteiger partial charge in [0.05, 0.1) is 10.6 Å². The van der Waals surface area contributed by atoms with Crippen molar-refractivity contribution >= 4 is 61.9 Å². The number of rotatable bonds is 10. The molecule has 1 amide bonds. The molecule has 1 N–H and O–H groups in total. The number of sulfonamides is 1. The Kier molecular flexibility index (Phi) is 8.27. The second-order valence-corrected chi connectivity index (χ2v) is 10.4. The Morgan fingerprint density at radius 3 is 2.49 bits per heavy atom. The maximum absolute atomic E-state index is 12.6. The first-order valence-corrected chi connectivity index (χ1v) is 12.4. The minimum atomic E-state index is -3.68. The number of amides is 1. The summed E-state index contributed by atoms with van der Waals surface area (Å²) in [5.74, 6) is -1.37. The van der Waals surface area contributed by atoms with Gasteiger partial charge in [-0.3, -0.25) is 19.2 Å². The fourth-order valence-corrected chi connectivity index (χ4v) is 5.24. The number of anilines is 2. The molecule has 0 atom stereocenters. The Hall–Kier alpha value is -3.68. The van der Waals surface area contributed by atoms with Crippen LogP contribution in [0.1, 0.15) is 0 Å². The van der Waals surface area contributed by atoms with E-state index in [1.807, 2.05) is 0 Å².